The van der Waals surface area contributed by atoms with E-state index >= 15 is 0 Å². The van der Waals surface area contributed by atoms with Gasteiger partial charge < -0.3 is 9.47 Å². The van der Waals surface area contributed by atoms with Crippen LogP contribution in [-0.4, -0.2) is 19.0 Å². The van der Waals surface area contributed by atoms with E-state index in [4.69, 9.17) is 9.47 Å². The van der Waals surface area contributed by atoms with Gasteiger partial charge in [-0.2, -0.15) is 0 Å². The van der Waals surface area contributed by atoms with Gasteiger partial charge in [0.2, 0.25) is 5.90 Å². The number of hydrogen-bond acceptors (Lipinski definition) is 4. The highest BCUT2D eigenvalue weighted by Gasteiger charge is 2.24. The van der Waals surface area contributed by atoms with Crippen molar-refractivity contribution < 1.29 is 18.7 Å². The zero-order valence-electron chi connectivity index (χ0n) is 12.0. The Hall–Kier alpha value is -2.47. The van der Waals surface area contributed by atoms with Gasteiger partial charge in [0.15, 0.2) is 5.70 Å². The van der Waals surface area contributed by atoms with Gasteiger partial charge in [0.25, 0.3) is 0 Å². The Morgan fingerprint density at radius 3 is 2.61 bits per heavy atom. The zero-order valence-corrected chi connectivity index (χ0v) is 13.6. The van der Waals surface area contributed by atoms with Crippen LogP contribution >= 0.6 is 15.9 Å². The number of halogens is 2. The molecule has 0 amide bonds. The maximum atomic E-state index is 12.9. The van der Waals surface area contributed by atoms with Gasteiger partial charge >= 0.3 is 5.97 Å². The fraction of sp³-hybridized carbons (Fsp3) is 0.0588. The second-order valence-electron chi connectivity index (χ2n) is 4.74. The van der Waals surface area contributed by atoms with E-state index < -0.39 is 5.97 Å². The van der Waals surface area contributed by atoms with Crippen molar-refractivity contribution in [1.29, 1.82) is 0 Å². The van der Waals surface area contributed by atoms with Gasteiger partial charge in [-0.25, -0.2) is 14.2 Å². The van der Waals surface area contributed by atoms with Gasteiger partial charge in [-0.1, -0.05) is 6.07 Å². The number of rotatable bonds is 3. The summed E-state index contributed by atoms with van der Waals surface area (Å²) < 4.78 is 24.0. The second kappa shape index (κ2) is 6.34. The van der Waals surface area contributed by atoms with Crippen LogP contribution in [0.15, 0.2) is 57.6 Å². The van der Waals surface area contributed by atoms with Crippen molar-refractivity contribution in [1.82, 2.24) is 0 Å². The van der Waals surface area contributed by atoms with Crippen LogP contribution in [0.5, 0.6) is 5.75 Å². The predicted octanol–water partition coefficient (Wildman–Crippen LogP) is 3.94. The molecule has 4 nitrogen and oxygen atoms in total. The lowest BCUT2D eigenvalue weighted by atomic mass is 10.2. The van der Waals surface area contributed by atoms with Crippen LogP contribution in [0.3, 0.4) is 0 Å². The van der Waals surface area contributed by atoms with Gasteiger partial charge in [-0.3, -0.25) is 0 Å². The van der Waals surface area contributed by atoms with Gasteiger partial charge in [0.1, 0.15) is 11.6 Å². The van der Waals surface area contributed by atoms with Crippen LogP contribution in [0.4, 0.5) is 4.39 Å². The van der Waals surface area contributed by atoms with E-state index in [1.165, 1.54) is 24.3 Å². The highest BCUT2D eigenvalue weighted by atomic mass is 79.9. The number of ether oxygens (including phenoxy) is 2. The van der Waals surface area contributed by atoms with E-state index in [-0.39, 0.29) is 17.4 Å². The Morgan fingerprint density at radius 2 is 1.96 bits per heavy atom. The number of benzene rings is 2. The molecule has 6 heteroatoms. The molecule has 3 rings (SSSR count). The standard InChI is InChI=1S/C17H11BrFNO3/c1-22-15-7-2-10(8-13(15)18)9-14-17(21)23-16(20-14)11-3-5-12(19)6-4-11/h2-9H,1H3/b14-9-. The summed E-state index contributed by atoms with van der Waals surface area (Å²) in [7, 11) is 1.58. The van der Waals surface area contributed by atoms with Crippen molar-refractivity contribution >= 4 is 33.9 Å². The normalized spacial score (nSPS) is 15.5. The molecule has 0 aliphatic carbocycles. The van der Waals surface area contributed by atoms with Crippen molar-refractivity contribution in [2.24, 2.45) is 4.99 Å². The Balaban J connectivity index is 1.91. The third-order valence-electron chi connectivity index (χ3n) is 3.19. The summed E-state index contributed by atoms with van der Waals surface area (Å²) in [4.78, 5) is 16.1. The number of hydrogen-bond donors (Lipinski definition) is 0. The third kappa shape index (κ3) is 3.32. The van der Waals surface area contributed by atoms with Crippen LogP contribution in [-0.2, 0) is 9.53 Å². The number of carbonyl (C=O) groups is 1. The molecule has 2 aromatic carbocycles. The van der Waals surface area contributed by atoms with E-state index in [0.717, 1.165) is 10.0 Å². The molecule has 0 saturated carbocycles. The minimum atomic E-state index is -0.545. The molecular weight excluding hydrogens is 365 g/mol. The van der Waals surface area contributed by atoms with Gasteiger partial charge in [0.05, 0.1) is 11.6 Å². The monoisotopic (exact) mass is 375 g/mol. The summed E-state index contributed by atoms with van der Waals surface area (Å²) in [5, 5.41) is 0. The van der Waals surface area contributed by atoms with Crippen molar-refractivity contribution in [3.8, 4) is 5.75 Å². The van der Waals surface area contributed by atoms with Gasteiger partial charge in [-0.05, 0) is 64.0 Å². The number of aliphatic imine (C=N–C) groups is 1. The third-order valence-corrected chi connectivity index (χ3v) is 3.81. The van der Waals surface area contributed by atoms with Crippen LogP contribution in [0.1, 0.15) is 11.1 Å². The molecule has 0 aromatic heterocycles. The van der Waals surface area contributed by atoms with Crippen molar-refractivity contribution in [3.05, 3.63) is 69.6 Å². The van der Waals surface area contributed by atoms with Crippen molar-refractivity contribution in [2.45, 2.75) is 0 Å². The molecule has 0 unspecified atom stereocenters. The van der Waals surface area contributed by atoms with Gasteiger partial charge in [-0.15, -0.1) is 0 Å². The van der Waals surface area contributed by atoms with Crippen LogP contribution in [0, 0.1) is 5.82 Å². The summed E-state index contributed by atoms with van der Waals surface area (Å²) in [6, 6.07) is 11.0. The van der Waals surface area contributed by atoms with Gasteiger partial charge in [0, 0.05) is 5.56 Å². The summed E-state index contributed by atoms with van der Waals surface area (Å²) in [5.41, 5.74) is 1.49. The first-order valence-corrected chi connectivity index (χ1v) is 7.48. The lowest BCUT2D eigenvalue weighted by molar-refractivity contribution is -0.129. The lowest BCUT2D eigenvalue weighted by Gasteiger charge is -2.03. The molecule has 1 heterocycles. The molecule has 0 spiro atoms. The number of methoxy groups -OCH3 is 1. The first kappa shape index (κ1) is 15.4. The Bertz CT molecular complexity index is 828. The molecule has 0 bridgehead atoms. The molecule has 0 radical (unpaired) electrons. The average Bonchev–Trinajstić information content (AvgIpc) is 2.89. The average molecular weight is 376 g/mol. The van der Waals surface area contributed by atoms with E-state index in [9.17, 15) is 9.18 Å². The SMILES string of the molecule is COc1ccc(/C=C2\N=C(c3ccc(F)cc3)OC2=O)cc1Br. The number of cyclic esters (lactones) is 1. The van der Waals surface area contributed by atoms with Crippen LogP contribution in [0.25, 0.3) is 6.08 Å². The highest BCUT2D eigenvalue weighted by molar-refractivity contribution is 9.10. The molecular formula is C17H11BrFNO3. The fourth-order valence-corrected chi connectivity index (χ4v) is 2.61. The molecule has 2 aromatic rings. The lowest BCUT2D eigenvalue weighted by Crippen LogP contribution is -2.05. The highest BCUT2D eigenvalue weighted by Crippen LogP contribution is 2.27. The van der Waals surface area contributed by atoms with Crippen molar-refractivity contribution in [3.63, 3.8) is 0 Å². The summed E-state index contributed by atoms with van der Waals surface area (Å²) in [6.45, 7) is 0. The molecule has 0 fully saturated rings. The maximum absolute atomic E-state index is 12.9. The molecule has 23 heavy (non-hydrogen) atoms. The van der Waals surface area contributed by atoms with Crippen LogP contribution < -0.4 is 4.74 Å². The minimum Gasteiger partial charge on any atom is -0.496 e. The Labute approximate surface area is 140 Å². The molecule has 0 N–H and O–H groups in total. The maximum Gasteiger partial charge on any atom is 0.363 e. The predicted molar refractivity (Wildman–Crippen MR) is 87.7 cm³/mol. The van der Waals surface area contributed by atoms with E-state index in [0.29, 0.717) is 11.3 Å². The first-order chi connectivity index (χ1) is 11.1. The van der Waals surface area contributed by atoms with E-state index in [2.05, 4.69) is 20.9 Å². The molecule has 0 atom stereocenters. The van der Waals surface area contributed by atoms with Crippen molar-refractivity contribution in [2.75, 3.05) is 7.11 Å². The molecule has 116 valence electrons. The minimum absolute atomic E-state index is 0.161. The second-order valence-corrected chi connectivity index (χ2v) is 5.59. The van der Waals surface area contributed by atoms with E-state index in [1.807, 2.05) is 6.07 Å². The number of nitrogens with zero attached hydrogens (tertiary/aromatic N) is 1. The van der Waals surface area contributed by atoms with Crippen LogP contribution in [0.2, 0.25) is 0 Å². The topological polar surface area (TPSA) is 47.9 Å². The molecule has 1 aliphatic heterocycles. The fourth-order valence-electron chi connectivity index (χ4n) is 2.06. The Morgan fingerprint density at radius 1 is 1.22 bits per heavy atom. The smallest absolute Gasteiger partial charge is 0.363 e. The summed E-state index contributed by atoms with van der Waals surface area (Å²) >= 11 is 3.39. The first-order valence-electron chi connectivity index (χ1n) is 6.69. The molecule has 0 saturated heterocycles. The number of carbonyl (C=O) groups excluding carboxylic acids is 1. The molecule has 1 aliphatic rings. The quantitative estimate of drug-likeness (QED) is 0.602. The van der Waals surface area contributed by atoms with E-state index in [1.54, 1.807) is 25.3 Å². The summed E-state index contributed by atoms with van der Waals surface area (Å²) in [6.07, 6.45) is 1.61. The Kier molecular flexibility index (Phi) is 4.25. The largest absolute Gasteiger partial charge is 0.496 e. The summed E-state index contributed by atoms with van der Waals surface area (Å²) in [5.74, 6) is -0.0562. The number of esters is 1. The zero-order chi connectivity index (χ0) is 16.4.